The molecule has 4 rings (SSSR count). The Morgan fingerprint density at radius 2 is 1.13 bits per heavy atom. The van der Waals surface area contributed by atoms with Crippen LogP contribution in [0.4, 0.5) is 0 Å². The minimum absolute atomic E-state index is 0.535. The van der Waals surface area contributed by atoms with Crippen molar-refractivity contribution in [3.8, 4) is 17.2 Å². The van der Waals surface area contributed by atoms with Gasteiger partial charge in [-0.3, -0.25) is 4.74 Å². The van der Waals surface area contributed by atoms with E-state index in [0.29, 0.717) is 49.7 Å². The molecule has 3 aromatic rings. The lowest BCUT2D eigenvalue weighted by molar-refractivity contribution is -0.436. The van der Waals surface area contributed by atoms with Gasteiger partial charge in [-0.1, -0.05) is 75.4 Å². The van der Waals surface area contributed by atoms with E-state index in [-0.39, 0.29) is 0 Å². The van der Waals surface area contributed by atoms with E-state index < -0.39 is 26.8 Å². The minimum atomic E-state index is -3.71. The fourth-order valence-electron chi connectivity index (χ4n) is 4.15. The zero-order chi connectivity index (χ0) is 26.7. The maximum Gasteiger partial charge on any atom is 0.730 e. The summed E-state index contributed by atoms with van der Waals surface area (Å²) in [4.78, 5) is 0. The fraction of sp³-hybridized carbons (Fsp3) is 0.400. The first-order valence-corrected chi connectivity index (χ1v) is 15.2. The molecule has 1 saturated heterocycles. The summed E-state index contributed by atoms with van der Waals surface area (Å²) < 4.78 is 45.0. The Morgan fingerprint density at radius 3 is 1.50 bits per heavy atom. The van der Waals surface area contributed by atoms with Gasteiger partial charge in [-0.05, 0) is 55.7 Å². The van der Waals surface area contributed by atoms with E-state index in [0.717, 1.165) is 6.42 Å². The second-order valence-electron chi connectivity index (χ2n) is 8.92. The van der Waals surface area contributed by atoms with Crippen LogP contribution in [0.15, 0.2) is 91.0 Å². The standard InChI is InChI=1S/C30H38O7Si/c1-4-28(34-30(6-3)31-23-16-24-32-30)33-29(5-2)38(35-25-17-10-7-11-18-25,36-26-19-12-8-13-20-26)37-27-21-14-9-15-22-27/h7-15,17-22,28-29H,4-6,16,23-24H2,1-3H3. The molecule has 0 aliphatic carbocycles. The monoisotopic (exact) mass is 538 g/mol. The zero-order valence-electron chi connectivity index (χ0n) is 22.4. The van der Waals surface area contributed by atoms with Gasteiger partial charge in [-0.2, -0.15) is 0 Å². The fourth-order valence-corrected chi connectivity index (χ4v) is 6.88. The first-order valence-electron chi connectivity index (χ1n) is 13.4. The van der Waals surface area contributed by atoms with Gasteiger partial charge in [0, 0.05) is 6.42 Å². The topological polar surface area (TPSA) is 64.6 Å². The number of rotatable bonds is 14. The Hall–Kier alpha value is -2.88. The summed E-state index contributed by atoms with van der Waals surface area (Å²) in [7, 11) is -3.71. The van der Waals surface area contributed by atoms with E-state index >= 15 is 0 Å². The Labute approximate surface area is 226 Å². The van der Waals surface area contributed by atoms with Crippen molar-refractivity contribution in [2.45, 2.75) is 64.4 Å². The Balaban J connectivity index is 1.71. The third kappa shape index (κ3) is 7.36. The van der Waals surface area contributed by atoms with Crippen LogP contribution >= 0.6 is 0 Å². The number of hydrogen-bond donors (Lipinski definition) is 0. The van der Waals surface area contributed by atoms with Gasteiger partial charge in [0.05, 0.1) is 13.2 Å². The molecule has 2 unspecified atom stereocenters. The Morgan fingerprint density at radius 1 is 0.684 bits per heavy atom. The molecule has 0 spiro atoms. The molecule has 0 aromatic heterocycles. The molecule has 204 valence electrons. The predicted molar refractivity (Wildman–Crippen MR) is 147 cm³/mol. The summed E-state index contributed by atoms with van der Waals surface area (Å²) in [5.74, 6) is 0.755. The molecule has 2 atom stereocenters. The molecule has 1 aliphatic rings. The normalized spacial score (nSPS) is 16.8. The highest BCUT2D eigenvalue weighted by Gasteiger charge is 2.59. The average Bonchev–Trinajstić information content (AvgIpc) is 2.97. The molecule has 38 heavy (non-hydrogen) atoms. The van der Waals surface area contributed by atoms with E-state index in [1.54, 1.807) is 0 Å². The van der Waals surface area contributed by atoms with E-state index in [9.17, 15) is 0 Å². The first-order chi connectivity index (χ1) is 18.6. The van der Waals surface area contributed by atoms with Crippen LogP contribution in [-0.2, 0) is 18.9 Å². The summed E-state index contributed by atoms with van der Waals surface area (Å²) in [6.07, 6.45) is 1.85. The van der Waals surface area contributed by atoms with Crippen LogP contribution in [0.2, 0.25) is 0 Å². The van der Waals surface area contributed by atoms with Crippen LogP contribution in [0, 0.1) is 0 Å². The van der Waals surface area contributed by atoms with Gasteiger partial charge < -0.3 is 27.5 Å². The third-order valence-corrected chi connectivity index (χ3v) is 8.99. The first kappa shape index (κ1) is 28.1. The molecular weight excluding hydrogens is 500 g/mol. The smallest absolute Gasteiger partial charge is 0.482 e. The van der Waals surface area contributed by atoms with Crippen LogP contribution in [0.5, 0.6) is 17.2 Å². The summed E-state index contributed by atoms with van der Waals surface area (Å²) in [5.41, 5.74) is -0.578. The molecule has 1 heterocycles. The molecule has 0 bridgehead atoms. The summed E-state index contributed by atoms with van der Waals surface area (Å²) in [6, 6.07) is 28.7. The summed E-state index contributed by atoms with van der Waals surface area (Å²) in [5, 5.41) is 0. The van der Waals surface area contributed by atoms with Gasteiger partial charge in [-0.25, -0.2) is 0 Å². The van der Waals surface area contributed by atoms with Crippen LogP contribution in [0.25, 0.3) is 0 Å². The number of ether oxygens (including phenoxy) is 4. The van der Waals surface area contributed by atoms with E-state index in [1.807, 2.05) is 112 Å². The van der Waals surface area contributed by atoms with Crippen molar-refractivity contribution in [2.24, 2.45) is 0 Å². The highest BCUT2D eigenvalue weighted by atomic mass is 28.4. The molecule has 0 saturated carbocycles. The maximum atomic E-state index is 6.70. The molecular formula is C30H38O7Si. The molecule has 7 nitrogen and oxygen atoms in total. The van der Waals surface area contributed by atoms with E-state index in [4.69, 9.17) is 32.2 Å². The van der Waals surface area contributed by atoms with Crippen molar-refractivity contribution in [3.63, 3.8) is 0 Å². The number of benzene rings is 3. The predicted octanol–water partition coefficient (Wildman–Crippen LogP) is 6.75. The number of hydrogen-bond acceptors (Lipinski definition) is 7. The highest BCUT2D eigenvalue weighted by molar-refractivity contribution is 6.64. The lowest BCUT2D eigenvalue weighted by Crippen LogP contribution is -2.65. The SMILES string of the molecule is CCC(OC(CC)[Si](Oc1ccccc1)(Oc1ccccc1)Oc1ccccc1)OC1(CC)OCCCO1. The van der Waals surface area contributed by atoms with Crippen LogP contribution in [-0.4, -0.2) is 40.0 Å². The van der Waals surface area contributed by atoms with Gasteiger partial charge in [0.2, 0.25) is 0 Å². The van der Waals surface area contributed by atoms with Crippen LogP contribution in [0.1, 0.15) is 46.5 Å². The zero-order valence-corrected chi connectivity index (χ0v) is 23.4. The van der Waals surface area contributed by atoms with Crippen molar-refractivity contribution < 1.29 is 32.2 Å². The second kappa shape index (κ2) is 13.8. The van der Waals surface area contributed by atoms with Crippen molar-refractivity contribution in [2.75, 3.05) is 13.2 Å². The largest absolute Gasteiger partial charge is 0.730 e. The molecule has 0 radical (unpaired) electrons. The molecule has 1 fully saturated rings. The lowest BCUT2D eigenvalue weighted by Gasteiger charge is -2.40. The van der Waals surface area contributed by atoms with Crippen molar-refractivity contribution >= 4 is 8.80 Å². The van der Waals surface area contributed by atoms with Gasteiger partial charge in [0.1, 0.15) is 17.2 Å². The van der Waals surface area contributed by atoms with Crippen LogP contribution < -0.4 is 13.3 Å². The highest BCUT2D eigenvalue weighted by Crippen LogP contribution is 2.32. The van der Waals surface area contributed by atoms with Crippen molar-refractivity contribution in [3.05, 3.63) is 91.0 Å². The van der Waals surface area contributed by atoms with Gasteiger partial charge in [0.25, 0.3) is 5.97 Å². The Bertz CT molecular complexity index is 960. The Kier molecular flexibility index (Phi) is 10.2. The van der Waals surface area contributed by atoms with Crippen molar-refractivity contribution in [1.29, 1.82) is 0 Å². The van der Waals surface area contributed by atoms with E-state index in [1.165, 1.54) is 0 Å². The maximum absolute atomic E-state index is 6.70. The number of para-hydroxylation sites is 3. The molecule has 1 aliphatic heterocycles. The van der Waals surface area contributed by atoms with Gasteiger partial charge >= 0.3 is 8.80 Å². The summed E-state index contributed by atoms with van der Waals surface area (Å²) >= 11 is 0. The van der Waals surface area contributed by atoms with Crippen LogP contribution in [0.3, 0.4) is 0 Å². The summed E-state index contributed by atoms with van der Waals surface area (Å²) in [6.45, 7) is 7.15. The minimum Gasteiger partial charge on any atom is -0.482 e. The van der Waals surface area contributed by atoms with Crippen molar-refractivity contribution in [1.82, 2.24) is 0 Å². The molecule has 0 amide bonds. The van der Waals surface area contributed by atoms with Gasteiger partial charge in [0.15, 0.2) is 12.0 Å². The lowest BCUT2D eigenvalue weighted by atomic mass is 10.3. The molecule has 8 heteroatoms. The third-order valence-electron chi connectivity index (χ3n) is 6.10. The quantitative estimate of drug-likeness (QED) is 0.166. The van der Waals surface area contributed by atoms with Gasteiger partial charge in [-0.15, -0.1) is 0 Å². The van der Waals surface area contributed by atoms with E-state index in [2.05, 4.69) is 0 Å². The molecule has 3 aromatic carbocycles. The molecule has 0 N–H and O–H groups in total. The second-order valence-corrected chi connectivity index (χ2v) is 11.4. The average molecular weight is 539 g/mol.